The van der Waals surface area contributed by atoms with Crippen molar-refractivity contribution in [3.05, 3.63) is 52.0 Å². The van der Waals surface area contributed by atoms with Crippen molar-refractivity contribution in [3.63, 3.8) is 0 Å². The molecule has 0 aliphatic carbocycles. The van der Waals surface area contributed by atoms with Gasteiger partial charge >= 0.3 is 6.09 Å². The zero-order chi connectivity index (χ0) is 21.1. The average Bonchev–Trinajstić information content (AvgIpc) is 3.32. The van der Waals surface area contributed by atoms with Crippen molar-refractivity contribution in [2.24, 2.45) is 0 Å². The number of hydrogen-bond donors (Lipinski definition) is 0. The van der Waals surface area contributed by atoms with Crippen LogP contribution in [-0.4, -0.2) is 76.9 Å². The Balaban J connectivity index is 1.50. The molecular formula is C21H24N4O4S. The van der Waals surface area contributed by atoms with E-state index in [1.165, 1.54) is 11.3 Å². The van der Waals surface area contributed by atoms with Crippen LogP contribution in [0.3, 0.4) is 0 Å². The van der Waals surface area contributed by atoms with E-state index in [-0.39, 0.29) is 17.9 Å². The third-order valence-corrected chi connectivity index (χ3v) is 6.31. The summed E-state index contributed by atoms with van der Waals surface area (Å²) in [5.74, 6) is -0.625. The van der Waals surface area contributed by atoms with Crippen LogP contribution in [0.25, 0.3) is 0 Å². The number of fused-ring (bicyclic) bond motifs is 1. The van der Waals surface area contributed by atoms with Gasteiger partial charge in [0.05, 0.1) is 23.1 Å². The summed E-state index contributed by atoms with van der Waals surface area (Å²) in [5.41, 5.74) is 1.64. The lowest BCUT2D eigenvalue weighted by molar-refractivity contribution is -0.135. The van der Waals surface area contributed by atoms with Crippen LogP contribution in [0.5, 0.6) is 0 Å². The number of pyridine rings is 1. The molecule has 0 spiro atoms. The summed E-state index contributed by atoms with van der Waals surface area (Å²) in [4.78, 5) is 48.5. The summed E-state index contributed by atoms with van der Waals surface area (Å²) in [7, 11) is 0. The van der Waals surface area contributed by atoms with Crippen molar-refractivity contribution in [1.82, 2.24) is 19.7 Å². The van der Waals surface area contributed by atoms with Gasteiger partial charge in [0.15, 0.2) is 0 Å². The molecule has 1 unspecified atom stereocenters. The Labute approximate surface area is 179 Å². The molecule has 0 aromatic carbocycles. The van der Waals surface area contributed by atoms with E-state index in [9.17, 15) is 14.4 Å². The second-order valence-electron chi connectivity index (χ2n) is 7.27. The zero-order valence-electron chi connectivity index (χ0n) is 16.8. The first-order chi connectivity index (χ1) is 14.6. The molecule has 4 heterocycles. The quantitative estimate of drug-likeness (QED) is 0.748. The molecule has 1 fully saturated rings. The van der Waals surface area contributed by atoms with E-state index >= 15 is 0 Å². The van der Waals surface area contributed by atoms with Gasteiger partial charge in [-0.2, -0.15) is 0 Å². The maximum absolute atomic E-state index is 13.4. The lowest BCUT2D eigenvalue weighted by Crippen LogP contribution is -2.53. The van der Waals surface area contributed by atoms with Gasteiger partial charge in [0.25, 0.3) is 5.91 Å². The maximum atomic E-state index is 13.4. The van der Waals surface area contributed by atoms with Crippen molar-refractivity contribution < 1.29 is 19.1 Å². The third-order valence-electron chi connectivity index (χ3n) is 5.45. The number of aromatic nitrogens is 1. The van der Waals surface area contributed by atoms with Gasteiger partial charge in [0.2, 0.25) is 5.91 Å². The van der Waals surface area contributed by atoms with Crippen LogP contribution in [0.1, 0.15) is 33.8 Å². The second-order valence-corrected chi connectivity index (χ2v) is 8.22. The van der Waals surface area contributed by atoms with Crippen molar-refractivity contribution in [2.45, 2.75) is 19.4 Å². The van der Waals surface area contributed by atoms with E-state index in [2.05, 4.69) is 4.98 Å². The van der Waals surface area contributed by atoms with Crippen LogP contribution >= 0.6 is 11.3 Å². The molecule has 0 saturated carbocycles. The zero-order valence-corrected chi connectivity index (χ0v) is 17.6. The molecule has 0 N–H and O–H groups in total. The lowest BCUT2D eigenvalue weighted by Gasteiger charge is -2.38. The third kappa shape index (κ3) is 4.02. The summed E-state index contributed by atoms with van der Waals surface area (Å²) in [6, 6.07) is 7.41. The molecule has 30 heavy (non-hydrogen) atoms. The van der Waals surface area contributed by atoms with E-state index in [0.717, 1.165) is 11.3 Å². The van der Waals surface area contributed by atoms with Crippen LogP contribution in [0.2, 0.25) is 0 Å². The monoisotopic (exact) mass is 428 g/mol. The highest BCUT2D eigenvalue weighted by molar-refractivity contribution is 7.12. The molecule has 2 aliphatic rings. The number of ether oxygens (including phenoxy) is 1. The number of rotatable bonds is 3. The molecule has 1 atom stereocenters. The molecule has 1 saturated heterocycles. The van der Waals surface area contributed by atoms with Gasteiger partial charge in [-0.25, -0.2) is 4.79 Å². The lowest BCUT2D eigenvalue weighted by atomic mass is 9.93. The Morgan fingerprint density at radius 3 is 2.57 bits per heavy atom. The molecule has 9 heteroatoms. The highest BCUT2D eigenvalue weighted by Crippen LogP contribution is 2.30. The van der Waals surface area contributed by atoms with Crippen LogP contribution in [0, 0.1) is 0 Å². The number of nitrogens with zero attached hydrogens (tertiary/aromatic N) is 4. The Morgan fingerprint density at radius 2 is 1.87 bits per heavy atom. The van der Waals surface area contributed by atoms with Gasteiger partial charge in [0.1, 0.15) is 0 Å². The van der Waals surface area contributed by atoms with Gasteiger partial charge in [-0.1, -0.05) is 12.1 Å². The van der Waals surface area contributed by atoms with E-state index in [0.29, 0.717) is 50.8 Å². The van der Waals surface area contributed by atoms with Crippen LogP contribution in [0.15, 0.2) is 35.8 Å². The smallest absolute Gasteiger partial charge is 0.409 e. The minimum atomic E-state index is -0.506. The molecule has 0 bridgehead atoms. The summed E-state index contributed by atoms with van der Waals surface area (Å²) in [5, 5.41) is 1.87. The first kappa shape index (κ1) is 20.3. The Kier molecular flexibility index (Phi) is 5.98. The van der Waals surface area contributed by atoms with Crippen LogP contribution in [0.4, 0.5) is 4.79 Å². The molecule has 3 amide bonds. The van der Waals surface area contributed by atoms with E-state index in [4.69, 9.17) is 4.74 Å². The molecular weight excluding hydrogens is 404 g/mol. The SMILES string of the molecule is CCOC(=O)N1CCN(C(=O)C2CN(C(=O)c3cccs3)Cc3cccnc32)CC1. The summed E-state index contributed by atoms with van der Waals surface area (Å²) < 4.78 is 5.05. The highest BCUT2D eigenvalue weighted by atomic mass is 32.1. The summed E-state index contributed by atoms with van der Waals surface area (Å²) in [6.07, 6.45) is 1.34. The fourth-order valence-electron chi connectivity index (χ4n) is 3.93. The summed E-state index contributed by atoms with van der Waals surface area (Å²) in [6.45, 7) is 4.60. The van der Waals surface area contributed by atoms with Crippen molar-refractivity contribution in [1.29, 1.82) is 0 Å². The average molecular weight is 429 g/mol. The minimum Gasteiger partial charge on any atom is -0.450 e. The standard InChI is InChI=1S/C21H24N4O4S/c1-2-29-21(28)24-10-8-23(9-11-24)19(26)16-14-25(20(27)17-6-4-12-30-17)13-15-5-3-7-22-18(15)16/h3-7,12,16H,2,8-11,13-14H2,1H3. The van der Waals surface area contributed by atoms with Gasteiger partial charge in [-0.05, 0) is 30.0 Å². The van der Waals surface area contributed by atoms with Crippen LogP contribution in [-0.2, 0) is 16.1 Å². The Morgan fingerprint density at radius 1 is 1.10 bits per heavy atom. The molecule has 158 valence electrons. The fourth-order valence-corrected chi connectivity index (χ4v) is 4.62. The number of thiophene rings is 1. The minimum absolute atomic E-state index is 0.0536. The predicted octanol–water partition coefficient (Wildman–Crippen LogP) is 2.18. The molecule has 2 aromatic rings. The first-order valence-electron chi connectivity index (χ1n) is 10.1. The number of amides is 3. The van der Waals surface area contributed by atoms with E-state index in [1.807, 2.05) is 23.6 Å². The predicted molar refractivity (Wildman–Crippen MR) is 111 cm³/mol. The Hall–Kier alpha value is -2.94. The normalized spacial score (nSPS) is 18.7. The molecule has 4 rings (SSSR count). The van der Waals surface area contributed by atoms with Crippen molar-refractivity contribution in [2.75, 3.05) is 39.3 Å². The van der Waals surface area contributed by atoms with Crippen LogP contribution < -0.4 is 0 Å². The van der Waals surface area contributed by atoms with E-state index < -0.39 is 5.92 Å². The maximum Gasteiger partial charge on any atom is 0.409 e. The molecule has 2 aliphatic heterocycles. The topological polar surface area (TPSA) is 83.0 Å². The van der Waals surface area contributed by atoms with Crippen molar-refractivity contribution in [3.8, 4) is 0 Å². The van der Waals surface area contributed by atoms with Gasteiger partial charge in [-0.3, -0.25) is 14.6 Å². The van der Waals surface area contributed by atoms with E-state index in [1.54, 1.807) is 33.9 Å². The van der Waals surface area contributed by atoms with Gasteiger partial charge < -0.3 is 19.4 Å². The van der Waals surface area contributed by atoms with Gasteiger partial charge in [0, 0.05) is 45.5 Å². The summed E-state index contributed by atoms with van der Waals surface area (Å²) >= 11 is 1.40. The number of piperazine rings is 1. The molecule has 2 aromatic heterocycles. The second kappa shape index (κ2) is 8.83. The fraction of sp³-hybridized carbons (Fsp3) is 0.429. The number of carbonyl (C=O) groups is 3. The Bertz CT molecular complexity index is 925. The molecule has 0 radical (unpaired) electrons. The van der Waals surface area contributed by atoms with Gasteiger partial charge in [-0.15, -0.1) is 11.3 Å². The highest BCUT2D eigenvalue weighted by Gasteiger charge is 2.37. The van der Waals surface area contributed by atoms with Crippen molar-refractivity contribution >= 4 is 29.2 Å². The largest absolute Gasteiger partial charge is 0.450 e. The molecule has 8 nitrogen and oxygen atoms in total. The number of hydrogen-bond acceptors (Lipinski definition) is 6. The number of carbonyl (C=O) groups excluding carboxylic acids is 3. The first-order valence-corrected chi connectivity index (χ1v) is 10.9.